The molecule has 90 valence electrons. The van der Waals surface area contributed by atoms with E-state index in [0.717, 1.165) is 16.8 Å². The molecule has 1 saturated carbocycles. The molecule has 16 heavy (non-hydrogen) atoms. The van der Waals surface area contributed by atoms with E-state index in [1.54, 1.807) is 11.3 Å². The molecule has 1 aromatic rings. The lowest BCUT2D eigenvalue weighted by molar-refractivity contribution is 0.528. The second kappa shape index (κ2) is 6.29. The van der Waals surface area contributed by atoms with Crippen molar-refractivity contribution in [2.45, 2.75) is 44.0 Å². The monoisotopic (exact) mass is 275 g/mol. The van der Waals surface area contributed by atoms with Gasteiger partial charge in [-0.1, -0.05) is 18.5 Å². The molecule has 0 bridgehead atoms. The Hall–Kier alpha value is 0.300. The van der Waals surface area contributed by atoms with Gasteiger partial charge in [0.2, 0.25) is 0 Å². The molecule has 0 amide bonds. The van der Waals surface area contributed by atoms with E-state index in [1.807, 2.05) is 5.38 Å². The van der Waals surface area contributed by atoms with E-state index in [0.29, 0.717) is 6.04 Å². The van der Waals surface area contributed by atoms with Crippen LogP contribution >= 0.6 is 34.7 Å². The summed E-state index contributed by atoms with van der Waals surface area (Å²) in [6.45, 7) is 3.23. The standard InChI is InChI=1S/C12H18ClNS2/c1-2-15-11-4-3-10(6-11)14-7-12-5-9(13)8-16-12/h5,8,10-11,14H,2-4,6-7H2,1H3. The molecule has 1 aromatic heterocycles. The van der Waals surface area contributed by atoms with Crippen molar-refractivity contribution in [3.8, 4) is 0 Å². The summed E-state index contributed by atoms with van der Waals surface area (Å²) in [5.41, 5.74) is 0. The van der Waals surface area contributed by atoms with Crippen LogP contribution in [0.2, 0.25) is 5.02 Å². The second-order valence-electron chi connectivity index (χ2n) is 4.20. The van der Waals surface area contributed by atoms with Crippen LogP contribution in [0.25, 0.3) is 0 Å². The Morgan fingerprint density at radius 3 is 3.12 bits per heavy atom. The van der Waals surface area contributed by atoms with Crippen molar-refractivity contribution < 1.29 is 0 Å². The smallest absolute Gasteiger partial charge is 0.0516 e. The highest BCUT2D eigenvalue weighted by atomic mass is 35.5. The van der Waals surface area contributed by atoms with Gasteiger partial charge in [0, 0.05) is 28.1 Å². The molecule has 2 unspecified atom stereocenters. The van der Waals surface area contributed by atoms with Crippen LogP contribution in [0, 0.1) is 0 Å². The first-order valence-electron chi connectivity index (χ1n) is 5.86. The van der Waals surface area contributed by atoms with Crippen LogP contribution in [0.3, 0.4) is 0 Å². The quantitative estimate of drug-likeness (QED) is 0.866. The summed E-state index contributed by atoms with van der Waals surface area (Å²) in [5, 5.41) is 7.39. The van der Waals surface area contributed by atoms with Gasteiger partial charge in [-0.05, 0) is 31.1 Å². The molecular formula is C12H18ClNS2. The number of nitrogens with one attached hydrogen (secondary N) is 1. The number of hydrogen-bond donors (Lipinski definition) is 1. The van der Waals surface area contributed by atoms with Gasteiger partial charge in [0.25, 0.3) is 0 Å². The lowest BCUT2D eigenvalue weighted by atomic mass is 10.2. The molecule has 2 atom stereocenters. The fourth-order valence-electron chi connectivity index (χ4n) is 2.20. The Morgan fingerprint density at radius 2 is 2.44 bits per heavy atom. The maximum atomic E-state index is 5.90. The van der Waals surface area contributed by atoms with Gasteiger partial charge in [-0.3, -0.25) is 0 Å². The molecule has 0 saturated heterocycles. The Morgan fingerprint density at radius 1 is 1.56 bits per heavy atom. The maximum Gasteiger partial charge on any atom is 0.0516 e. The van der Waals surface area contributed by atoms with Gasteiger partial charge in [-0.15, -0.1) is 11.3 Å². The fourth-order valence-corrected chi connectivity index (χ4v) is 4.37. The zero-order chi connectivity index (χ0) is 11.4. The summed E-state index contributed by atoms with van der Waals surface area (Å²) in [7, 11) is 0. The lowest BCUT2D eigenvalue weighted by Crippen LogP contribution is -2.25. The fraction of sp³-hybridized carbons (Fsp3) is 0.667. The molecule has 2 rings (SSSR count). The van der Waals surface area contributed by atoms with Gasteiger partial charge in [0.1, 0.15) is 0 Å². The Bertz CT molecular complexity index is 327. The highest BCUT2D eigenvalue weighted by Crippen LogP contribution is 2.30. The number of hydrogen-bond acceptors (Lipinski definition) is 3. The van der Waals surface area contributed by atoms with Crippen molar-refractivity contribution in [3.63, 3.8) is 0 Å². The van der Waals surface area contributed by atoms with E-state index in [1.165, 1.54) is 29.9 Å². The van der Waals surface area contributed by atoms with Gasteiger partial charge in [-0.25, -0.2) is 0 Å². The van der Waals surface area contributed by atoms with Gasteiger partial charge in [0.15, 0.2) is 0 Å². The molecular weight excluding hydrogens is 258 g/mol. The third-order valence-electron chi connectivity index (χ3n) is 2.97. The summed E-state index contributed by atoms with van der Waals surface area (Å²) < 4.78 is 0. The highest BCUT2D eigenvalue weighted by Gasteiger charge is 2.23. The van der Waals surface area contributed by atoms with Crippen molar-refractivity contribution >= 4 is 34.7 Å². The van der Waals surface area contributed by atoms with E-state index in [2.05, 4.69) is 30.1 Å². The van der Waals surface area contributed by atoms with E-state index >= 15 is 0 Å². The topological polar surface area (TPSA) is 12.0 Å². The zero-order valence-corrected chi connectivity index (χ0v) is 11.9. The number of thiophene rings is 1. The third-order valence-corrected chi connectivity index (χ3v) is 5.49. The summed E-state index contributed by atoms with van der Waals surface area (Å²) >= 11 is 9.75. The van der Waals surface area contributed by atoms with Crippen LogP contribution in [-0.4, -0.2) is 17.0 Å². The molecule has 0 radical (unpaired) electrons. The highest BCUT2D eigenvalue weighted by molar-refractivity contribution is 7.99. The molecule has 0 aliphatic heterocycles. The van der Waals surface area contributed by atoms with E-state index < -0.39 is 0 Å². The molecule has 1 heterocycles. The Balaban J connectivity index is 1.71. The van der Waals surface area contributed by atoms with Gasteiger partial charge < -0.3 is 5.32 Å². The lowest BCUT2D eigenvalue weighted by Gasteiger charge is -2.12. The van der Waals surface area contributed by atoms with Crippen LogP contribution < -0.4 is 5.32 Å². The summed E-state index contributed by atoms with van der Waals surface area (Å²) in [5.74, 6) is 1.25. The van der Waals surface area contributed by atoms with Gasteiger partial charge in [-0.2, -0.15) is 11.8 Å². The first-order valence-corrected chi connectivity index (χ1v) is 8.16. The molecule has 1 N–H and O–H groups in total. The Labute approximate surface area is 111 Å². The minimum atomic E-state index is 0.713. The zero-order valence-electron chi connectivity index (χ0n) is 9.54. The maximum absolute atomic E-state index is 5.90. The number of halogens is 1. The third kappa shape index (κ3) is 3.66. The normalized spacial score (nSPS) is 25.1. The van der Waals surface area contributed by atoms with Gasteiger partial charge in [0.05, 0.1) is 5.02 Å². The predicted octanol–water partition coefficient (Wildman–Crippen LogP) is 4.17. The van der Waals surface area contributed by atoms with E-state index in [4.69, 9.17) is 11.6 Å². The van der Waals surface area contributed by atoms with Crippen LogP contribution in [0.5, 0.6) is 0 Å². The predicted molar refractivity (Wildman–Crippen MR) is 75.7 cm³/mol. The molecule has 1 fully saturated rings. The average Bonchev–Trinajstić information content (AvgIpc) is 2.85. The molecule has 0 aromatic carbocycles. The van der Waals surface area contributed by atoms with Crippen LogP contribution in [-0.2, 0) is 6.54 Å². The SMILES string of the molecule is CCSC1CCC(NCc2cc(Cl)cs2)C1. The minimum absolute atomic E-state index is 0.713. The van der Waals surface area contributed by atoms with Crippen molar-refractivity contribution in [3.05, 3.63) is 21.3 Å². The Kier molecular flexibility index (Phi) is 5.01. The molecule has 0 spiro atoms. The van der Waals surface area contributed by atoms with Crippen molar-refractivity contribution in [2.24, 2.45) is 0 Å². The average molecular weight is 276 g/mol. The number of thioether (sulfide) groups is 1. The second-order valence-corrected chi connectivity index (χ2v) is 7.21. The first-order chi connectivity index (χ1) is 7.78. The van der Waals surface area contributed by atoms with Crippen molar-refractivity contribution in [1.29, 1.82) is 0 Å². The summed E-state index contributed by atoms with van der Waals surface area (Å²) in [6, 6.07) is 2.77. The largest absolute Gasteiger partial charge is 0.309 e. The molecule has 1 aliphatic rings. The summed E-state index contributed by atoms with van der Waals surface area (Å²) in [6.07, 6.45) is 4.04. The van der Waals surface area contributed by atoms with E-state index in [-0.39, 0.29) is 0 Å². The van der Waals surface area contributed by atoms with Crippen LogP contribution in [0.15, 0.2) is 11.4 Å². The molecule has 4 heteroatoms. The van der Waals surface area contributed by atoms with Crippen LogP contribution in [0.1, 0.15) is 31.1 Å². The summed E-state index contributed by atoms with van der Waals surface area (Å²) in [4.78, 5) is 1.34. The minimum Gasteiger partial charge on any atom is -0.309 e. The first kappa shape index (κ1) is 12.7. The van der Waals surface area contributed by atoms with Gasteiger partial charge >= 0.3 is 0 Å². The van der Waals surface area contributed by atoms with Crippen molar-refractivity contribution in [2.75, 3.05) is 5.75 Å². The molecule has 1 aliphatic carbocycles. The van der Waals surface area contributed by atoms with E-state index in [9.17, 15) is 0 Å². The van der Waals surface area contributed by atoms with Crippen molar-refractivity contribution in [1.82, 2.24) is 5.32 Å². The molecule has 1 nitrogen and oxygen atoms in total. The number of rotatable bonds is 5. The van der Waals surface area contributed by atoms with Crippen LogP contribution in [0.4, 0.5) is 0 Å².